The summed E-state index contributed by atoms with van der Waals surface area (Å²) in [6.45, 7) is 5.57. The fraction of sp³-hybridized carbons (Fsp3) is 0.632. The van der Waals surface area contributed by atoms with E-state index in [-0.39, 0.29) is 12.5 Å². The minimum atomic E-state index is -3.52. The van der Waals surface area contributed by atoms with Crippen molar-refractivity contribution in [2.75, 3.05) is 48.2 Å². The van der Waals surface area contributed by atoms with Crippen LogP contribution in [0, 0.1) is 5.92 Å². The Hall–Kier alpha value is -1.76. The molecule has 0 N–H and O–H groups in total. The van der Waals surface area contributed by atoms with Crippen LogP contribution in [0.4, 0.5) is 11.4 Å². The second-order valence-corrected chi connectivity index (χ2v) is 9.45. The molecule has 2 heterocycles. The van der Waals surface area contributed by atoms with Crippen LogP contribution in [0.3, 0.4) is 0 Å². The molecule has 144 valence electrons. The molecule has 0 atom stereocenters. The van der Waals surface area contributed by atoms with Crippen LogP contribution in [-0.2, 0) is 14.8 Å². The number of benzene rings is 1. The second-order valence-electron chi connectivity index (χ2n) is 7.54. The number of sulfonamides is 1. The van der Waals surface area contributed by atoms with E-state index in [4.69, 9.17) is 0 Å². The summed E-state index contributed by atoms with van der Waals surface area (Å²) in [4.78, 5) is 16.7. The highest BCUT2D eigenvalue weighted by atomic mass is 32.2. The largest absolute Gasteiger partial charge is 0.372 e. The summed E-state index contributed by atoms with van der Waals surface area (Å²) in [7, 11) is -3.52. The van der Waals surface area contributed by atoms with Crippen LogP contribution in [0.15, 0.2) is 24.3 Å². The molecule has 2 aliphatic heterocycles. The predicted octanol–water partition coefficient (Wildman–Crippen LogP) is 2.31. The van der Waals surface area contributed by atoms with Crippen molar-refractivity contribution in [3.63, 3.8) is 0 Å². The van der Waals surface area contributed by atoms with Crippen molar-refractivity contribution in [2.45, 2.75) is 32.6 Å². The van der Waals surface area contributed by atoms with Gasteiger partial charge in [0.25, 0.3) is 0 Å². The molecule has 1 amide bonds. The molecule has 3 rings (SSSR count). The van der Waals surface area contributed by atoms with Crippen molar-refractivity contribution in [3.05, 3.63) is 24.3 Å². The molecule has 0 spiro atoms. The molecule has 2 saturated heterocycles. The molecule has 26 heavy (non-hydrogen) atoms. The number of piperidine rings is 1. The Morgan fingerprint density at radius 1 is 1.08 bits per heavy atom. The summed E-state index contributed by atoms with van der Waals surface area (Å²) < 4.78 is 25.8. The molecule has 2 fully saturated rings. The van der Waals surface area contributed by atoms with E-state index in [0.29, 0.717) is 24.7 Å². The topological polar surface area (TPSA) is 60.9 Å². The van der Waals surface area contributed by atoms with Crippen molar-refractivity contribution in [1.82, 2.24) is 4.90 Å². The third-order valence-corrected chi connectivity index (χ3v) is 6.57. The zero-order chi connectivity index (χ0) is 18.7. The summed E-state index contributed by atoms with van der Waals surface area (Å²) in [5.41, 5.74) is 1.66. The molecular weight excluding hydrogens is 350 g/mol. The van der Waals surface area contributed by atoms with Gasteiger partial charge in [0, 0.05) is 31.9 Å². The Morgan fingerprint density at radius 3 is 2.19 bits per heavy atom. The molecule has 0 aromatic heterocycles. The Labute approximate surface area is 156 Å². The van der Waals surface area contributed by atoms with Crippen LogP contribution >= 0.6 is 0 Å². The normalized spacial score (nSPS) is 19.0. The van der Waals surface area contributed by atoms with Crippen LogP contribution in [-0.4, -0.2) is 58.2 Å². The number of rotatable bonds is 5. The maximum Gasteiger partial charge on any atom is 0.243 e. The Morgan fingerprint density at radius 2 is 1.65 bits per heavy atom. The molecule has 0 unspecified atom stereocenters. The van der Waals surface area contributed by atoms with Gasteiger partial charge in [-0.3, -0.25) is 9.10 Å². The molecular formula is C19H29N3O3S. The van der Waals surface area contributed by atoms with Gasteiger partial charge in [0.1, 0.15) is 6.54 Å². The second kappa shape index (κ2) is 7.86. The van der Waals surface area contributed by atoms with Crippen molar-refractivity contribution in [3.8, 4) is 0 Å². The van der Waals surface area contributed by atoms with E-state index < -0.39 is 10.0 Å². The number of nitrogens with zero attached hydrogens (tertiary/aromatic N) is 3. The number of hydrogen-bond acceptors (Lipinski definition) is 4. The van der Waals surface area contributed by atoms with Gasteiger partial charge in [0.15, 0.2) is 0 Å². The highest BCUT2D eigenvalue weighted by molar-refractivity contribution is 7.92. The molecule has 1 aromatic carbocycles. The predicted molar refractivity (Wildman–Crippen MR) is 105 cm³/mol. The van der Waals surface area contributed by atoms with Crippen LogP contribution in [0.1, 0.15) is 32.6 Å². The fourth-order valence-corrected chi connectivity index (χ4v) is 4.54. The van der Waals surface area contributed by atoms with E-state index in [2.05, 4.69) is 11.8 Å². The first-order valence-electron chi connectivity index (χ1n) is 9.45. The van der Waals surface area contributed by atoms with E-state index in [1.807, 2.05) is 12.1 Å². The lowest BCUT2D eigenvalue weighted by molar-refractivity contribution is -0.130. The Kier molecular flexibility index (Phi) is 5.75. The quantitative estimate of drug-likeness (QED) is 0.788. The lowest BCUT2D eigenvalue weighted by Gasteiger charge is -2.32. The molecule has 7 heteroatoms. The lowest BCUT2D eigenvalue weighted by Crippen LogP contribution is -2.45. The van der Waals surface area contributed by atoms with E-state index in [1.165, 1.54) is 17.1 Å². The zero-order valence-electron chi connectivity index (χ0n) is 15.7. The van der Waals surface area contributed by atoms with Crippen molar-refractivity contribution in [2.24, 2.45) is 5.92 Å². The first-order chi connectivity index (χ1) is 12.3. The Balaban J connectivity index is 1.72. The number of anilines is 2. The molecule has 6 nitrogen and oxygen atoms in total. The molecule has 2 aliphatic rings. The van der Waals surface area contributed by atoms with E-state index in [0.717, 1.165) is 37.9 Å². The smallest absolute Gasteiger partial charge is 0.243 e. The first kappa shape index (κ1) is 19.0. The Bertz CT molecular complexity index is 719. The number of likely N-dealkylation sites (tertiary alicyclic amines) is 1. The minimum Gasteiger partial charge on any atom is -0.372 e. The monoisotopic (exact) mass is 379 g/mol. The van der Waals surface area contributed by atoms with Crippen molar-refractivity contribution < 1.29 is 13.2 Å². The van der Waals surface area contributed by atoms with Crippen molar-refractivity contribution >= 4 is 27.3 Å². The van der Waals surface area contributed by atoms with Crippen molar-refractivity contribution in [1.29, 1.82) is 0 Å². The summed E-state index contributed by atoms with van der Waals surface area (Å²) in [5, 5.41) is 0. The summed E-state index contributed by atoms with van der Waals surface area (Å²) in [6, 6.07) is 7.51. The van der Waals surface area contributed by atoms with E-state index >= 15 is 0 Å². The van der Waals surface area contributed by atoms with Crippen LogP contribution in [0.5, 0.6) is 0 Å². The van der Waals surface area contributed by atoms with Crippen LogP contribution < -0.4 is 9.21 Å². The van der Waals surface area contributed by atoms with Gasteiger partial charge in [-0.15, -0.1) is 0 Å². The third kappa shape index (κ3) is 4.50. The summed E-state index contributed by atoms with van der Waals surface area (Å²) in [6.07, 6.45) is 5.51. The van der Waals surface area contributed by atoms with Gasteiger partial charge in [-0.2, -0.15) is 0 Å². The zero-order valence-corrected chi connectivity index (χ0v) is 16.5. The maximum atomic E-state index is 12.6. The van der Waals surface area contributed by atoms with Gasteiger partial charge in [0.2, 0.25) is 15.9 Å². The highest BCUT2D eigenvalue weighted by Gasteiger charge is 2.26. The van der Waals surface area contributed by atoms with Gasteiger partial charge in [-0.05, 0) is 55.9 Å². The maximum absolute atomic E-state index is 12.6. The number of carbonyl (C=O) groups excluding carboxylic acids is 1. The molecule has 0 saturated carbocycles. The minimum absolute atomic E-state index is 0.119. The molecule has 0 bridgehead atoms. The van der Waals surface area contributed by atoms with Gasteiger partial charge in [-0.1, -0.05) is 6.92 Å². The average molecular weight is 380 g/mol. The van der Waals surface area contributed by atoms with E-state index in [9.17, 15) is 13.2 Å². The first-order valence-corrected chi connectivity index (χ1v) is 11.3. The van der Waals surface area contributed by atoms with Crippen LogP contribution in [0.2, 0.25) is 0 Å². The molecule has 1 aromatic rings. The average Bonchev–Trinajstić information content (AvgIpc) is 3.14. The third-order valence-electron chi connectivity index (χ3n) is 5.42. The number of carbonyl (C=O) groups is 1. The van der Waals surface area contributed by atoms with Gasteiger partial charge < -0.3 is 9.80 Å². The lowest BCUT2D eigenvalue weighted by atomic mass is 9.99. The molecule has 0 radical (unpaired) electrons. The summed E-state index contributed by atoms with van der Waals surface area (Å²) in [5.74, 6) is 0.508. The standard InChI is InChI=1S/C19H29N3O3S/c1-16-9-13-21(14-10-16)19(23)15-22(26(2,24)25)18-7-5-17(6-8-18)20-11-3-4-12-20/h5-8,16H,3-4,9-15H2,1-2H3. The van der Waals surface area contributed by atoms with E-state index in [1.54, 1.807) is 17.0 Å². The number of amides is 1. The highest BCUT2D eigenvalue weighted by Crippen LogP contribution is 2.25. The summed E-state index contributed by atoms with van der Waals surface area (Å²) >= 11 is 0. The SMILES string of the molecule is CC1CCN(C(=O)CN(c2ccc(N3CCCC3)cc2)S(C)(=O)=O)CC1. The molecule has 0 aliphatic carbocycles. The number of hydrogen-bond donors (Lipinski definition) is 0. The fourth-order valence-electron chi connectivity index (χ4n) is 3.69. The van der Waals surface area contributed by atoms with Gasteiger partial charge in [0.05, 0.1) is 11.9 Å². The van der Waals surface area contributed by atoms with Gasteiger partial charge in [-0.25, -0.2) is 8.42 Å². The van der Waals surface area contributed by atoms with Gasteiger partial charge >= 0.3 is 0 Å². The van der Waals surface area contributed by atoms with Crippen LogP contribution in [0.25, 0.3) is 0 Å².